The minimum atomic E-state index is -3.01. The summed E-state index contributed by atoms with van der Waals surface area (Å²) in [6.07, 6.45) is 6.58. The van der Waals surface area contributed by atoms with Gasteiger partial charge in [-0.2, -0.15) is 0 Å². The Bertz CT molecular complexity index is 939. The van der Waals surface area contributed by atoms with E-state index in [0.29, 0.717) is 6.42 Å². The predicted molar refractivity (Wildman–Crippen MR) is 124 cm³/mol. The Balaban J connectivity index is 1.91. The zero-order chi connectivity index (χ0) is 20.5. The molecule has 0 heterocycles. The van der Waals surface area contributed by atoms with Crippen LogP contribution in [0, 0.1) is 0 Å². The first-order chi connectivity index (χ1) is 14.2. The molecule has 4 heteroatoms. The third-order valence-electron chi connectivity index (χ3n) is 4.64. The molecule has 0 aromatic heterocycles. The molecule has 0 unspecified atom stereocenters. The molecule has 0 bridgehead atoms. The quantitative estimate of drug-likeness (QED) is 0.396. The van der Waals surface area contributed by atoms with E-state index >= 15 is 0 Å². The summed E-state index contributed by atoms with van der Waals surface area (Å²) in [5.41, 5.74) is 1.05. The molecule has 0 saturated heterocycles. The fourth-order valence-corrected chi connectivity index (χ4v) is 5.54. The maximum atomic E-state index is 14.2. The highest BCUT2D eigenvalue weighted by atomic mass is 31.2. The van der Waals surface area contributed by atoms with Gasteiger partial charge >= 0.3 is 0 Å². The van der Waals surface area contributed by atoms with Crippen molar-refractivity contribution in [2.45, 2.75) is 12.5 Å². The lowest BCUT2D eigenvalue weighted by Gasteiger charge is -2.25. The summed E-state index contributed by atoms with van der Waals surface area (Å²) in [4.78, 5) is 0. The van der Waals surface area contributed by atoms with Crippen LogP contribution in [0.25, 0.3) is 6.08 Å². The van der Waals surface area contributed by atoms with E-state index in [1.54, 1.807) is 7.11 Å². The summed E-state index contributed by atoms with van der Waals surface area (Å²) in [6, 6.07) is 26.9. The van der Waals surface area contributed by atoms with Crippen molar-refractivity contribution in [2.24, 2.45) is 0 Å². The van der Waals surface area contributed by atoms with Gasteiger partial charge in [0.2, 0.25) is 7.29 Å². The van der Waals surface area contributed by atoms with Crippen molar-refractivity contribution >= 4 is 24.0 Å². The Kier molecular flexibility index (Phi) is 7.24. The van der Waals surface area contributed by atoms with Crippen molar-refractivity contribution in [3.63, 3.8) is 0 Å². The van der Waals surface area contributed by atoms with E-state index in [2.05, 4.69) is 11.7 Å². The van der Waals surface area contributed by atoms with Crippen LogP contribution in [0.4, 0.5) is 0 Å². The highest BCUT2D eigenvalue weighted by Gasteiger charge is 2.28. The van der Waals surface area contributed by atoms with Gasteiger partial charge in [-0.1, -0.05) is 66.8 Å². The molecule has 0 radical (unpaired) electrons. The van der Waals surface area contributed by atoms with E-state index in [9.17, 15) is 4.57 Å². The molecule has 0 aliphatic carbocycles. The van der Waals surface area contributed by atoms with Gasteiger partial charge in [-0.25, -0.2) is 0 Å². The fourth-order valence-electron chi connectivity index (χ4n) is 3.10. The lowest BCUT2D eigenvalue weighted by atomic mass is 10.1. The van der Waals surface area contributed by atoms with Crippen LogP contribution >= 0.6 is 7.29 Å². The van der Waals surface area contributed by atoms with Crippen LogP contribution in [0.2, 0.25) is 0 Å². The van der Waals surface area contributed by atoms with Crippen LogP contribution in [0.5, 0.6) is 5.75 Å². The number of methoxy groups -OCH3 is 1. The first-order valence-corrected chi connectivity index (χ1v) is 11.3. The number of hydrogen-bond donors (Lipinski definition) is 1. The van der Waals surface area contributed by atoms with Crippen molar-refractivity contribution in [3.05, 3.63) is 109 Å². The van der Waals surface area contributed by atoms with E-state index in [1.807, 2.05) is 103 Å². The maximum Gasteiger partial charge on any atom is 0.205 e. The van der Waals surface area contributed by atoms with Crippen molar-refractivity contribution in [3.8, 4) is 5.75 Å². The van der Waals surface area contributed by atoms with E-state index in [-0.39, 0.29) is 6.04 Å². The summed E-state index contributed by atoms with van der Waals surface area (Å²) in [5.74, 6) is 0.820. The molecule has 0 spiro atoms. The van der Waals surface area contributed by atoms with Crippen LogP contribution in [0.15, 0.2) is 104 Å². The molecule has 0 fully saturated rings. The predicted octanol–water partition coefficient (Wildman–Crippen LogP) is 5.17. The van der Waals surface area contributed by atoms with Gasteiger partial charge < -0.3 is 4.74 Å². The van der Waals surface area contributed by atoms with E-state index < -0.39 is 7.29 Å². The average molecular weight is 403 g/mol. The number of nitrogens with one attached hydrogen (secondary N) is 1. The van der Waals surface area contributed by atoms with E-state index in [4.69, 9.17) is 4.74 Å². The third-order valence-corrected chi connectivity index (χ3v) is 7.39. The van der Waals surface area contributed by atoms with Crippen LogP contribution in [0.3, 0.4) is 0 Å². The smallest absolute Gasteiger partial charge is 0.205 e. The SMILES string of the molecule is C=CC[C@H](/C=C/c1ccc(OC)cc1)NP(=O)(c1ccccc1)c1ccccc1. The number of rotatable bonds is 9. The van der Waals surface area contributed by atoms with Crippen LogP contribution < -0.4 is 20.4 Å². The molecule has 29 heavy (non-hydrogen) atoms. The van der Waals surface area contributed by atoms with Gasteiger partial charge in [0, 0.05) is 16.7 Å². The van der Waals surface area contributed by atoms with Crippen molar-refractivity contribution in [2.75, 3.05) is 7.11 Å². The van der Waals surface area contributed by atoms with Gasteiger partial charge in [0.25, 0.3) is 0 Å². The monoisotopic (exact) mass is 403 g/mol. The zero-order valence-electron chi connectivity index (χ0n) is 16.6. The molecular weight excluding hydrogens is 377 g/mol. The molecule has 0 aliphatic heterocycles. The summed E-state index contributed by atoms with van der Waals surface area (Å²) in [5, 5.41) is 5.01. The summed E-state index contributed by atoms with van der Waals surface area (Å²) in [7, 11) is -1.36. The number of ether oxygens (including phenoxy) is 1. The topological polar surface area (TPSA) is 38.3 Å². The lowest BCUT2D eigenvalue weighted by Crippen LogP contribution is -2.33. The Labute approximate surface area is 173 Å². The van der Waals surface area contributed by atoms with Crippen LogP contribution in [0.1, 0.15) is 12.0 Å². The van der Waals surface area contributed by atoms with E-state index in [0.717, 1.165) is 21.9 Å². The average Bonchev–Trinajstić information content (AvgIpc) is 2.79. The van der Waals surface area contributed by atoms with Gasteiger partial charge in [-0.05, 0) is 48.4 Å². The maximum absolute atomic E-state index is 14.2. The molecule has 0 saturated carbocycles. The minimum Gasteiger partial charge on any atom is -0.497 e. The van der Waals surface area contributed by atoms with Crippen molar-refractivity contribution in [1.29, 1.82) is 0 Å². The molecule has 3 rings (SSSR count). The Morgan fingerprint density at radius 2 is 1.48 bits per heavy atom. The lowest BCUT2D eigenvalue weighted by molar-refractivity contribution is 0.415. The first kappa shape index (κ1) is 20.9. The van der Waals surface area contributed by atoms with Crippen LogP contribution in [-0.2, 0) is 4.57 Å². The second-order valence-corrected chi connectivity index (χ2v) is 9.18. The van der Waals surface area contributed by atoms with Gasteiger partial charge in [-0.3, -0.25) is 9.65 Å². The van der Waals surface area contributed by atoms with Gasteiger partial charge in [0.15, 0.2) is 0 Å². The second-order valence-electron chi connectivity index (χ2n) is 6.67. The molecule has 1 N–H and O–H groups in total. The number of benzene rings is 3. The third kappa shape index (κ3) is 5.35. The van der Waals surface area contributed by atoms with Crippen molar-refractivity contribution in [1.82, 2.24) is 5.09 Å². The summed E-state index contributed by atoms with van der Waals surface area (Å²) in [6.45, 7) is 3.87. The second kappa shape index (κ2) is 10.1. The Morgan fingerprint density at radius 3 is 1.97 bits per heavy atom. The molecule has 1 atom stereocenters. The van der Waals surface area contributed by atoms with Gasteiger partial charge in [0.05, 0.1) is 7.11 Å². The molecule has 3 aromatic carbocycles. The van der Waals surface area contributed by atoms with Gasteiger partial charge in [-0.15, -0.1) is 6.58 Å². The Morgan fingerprint density at radius 1 is 0.931 bits per heavy atom. The number of hydrogen-bond acceptors (Lipinski definition) is 2. The summed E-state index contributed by atoms with van der Waals surface area (Å²) >= 11 is 0. The minimum absolute atomic E-state index is 0.124. The Hall–Kier alpha value is -2.87. The summed E-state index contributed by atoms with van der Waals surface area (Å²) < 4.78 is 19.4. The largest absolute Gasteiger partial charge is 0.497 e. The van der Waals surface area contributed by atoms with Gasteiger partial charge in [0.1, 0.15) is 5.75 Å². The van der Waals surface area contributed by atoms with Crippen molar-refractivity contribution < 1.29 is 9.30 Å². The standard InChI is InChI=1S/C25H26NO2P/c1-3-10-22(18-15-21-16-19-23(28-2)20-17-21)26-29(27,24-11-6-4-7-12-24)25-13-8-5-9-14-25/h3-9,11-20,22H,1,10H2,2H3,(H,26,27)/b18-15+/t22-/m1/s1. The molecular formula is C25H26NO2P. The molecule has 3 nitrogen and oxygen atoms in total. The molecule has 148 valence electrons. The molecule has 0 amide bonds. The zero-order valence-corrected chi connectivity index (χ0v) is 17.5. The highest BCUT2D eigenvalue weighted by Crippen LogP contribution is 2.39. The van der Waals surface area contributed by atoms with E-state index in [1.165, 1.54) is 0 Å². The normalized spacial score (nSPS) is 12.6. The first-order valence-electron chi connectivity index (χ1n) is 9.58. The van der Waals surface area contributed by atoms with Crippen LogP contribution in [-0.4, -0.2) is 13.2 Å². The molecule has 0 aliphatic rings. The highest BCUT2D eigenvalue weighted by molar-refractivity contribution is 7.76. The molecule has 3 aromatic rings. The fraction of sp³-hybridized carbons (Fsp3) is 0.120.